The molecule has 338 valence electrons. The Morgan fingerprint density at radius 2 is 0.561 bits per heavy atom. The smallest absolute Gasteiger partial charge is 0.124 e. The van der Waals surface area contributed by atoms with Crippen LogP contribution in [-0.2, 0) is 0 Å². The lowest BCUT2D eigenvalue weighted by molar-refractivity contribution is 0.308. The minimum atomic E-state index is 0.441. The fourth-order valence-corrected chi connectivity index (χ4v) is 6.25. The lowest BCUT2D eigenvalue weighted by Crippen LogP contribution is -2.00. The molecule has 11 heteroatoms. The summed E-state index contributed by atoms with van der Waals surface area (Å²) >= 11 is 2.17. The molecule has 66 heavy (non-hydrogen) atoms. The molecule has 0 N–H and O–H groups in total. The highest BCUT2D eigenvalue weighted by Gasteiger charge is 2.08. The van der Waals surface area contributed by atoms with Gasteiger partial charge in [0, 0.05) is 60.7 Å². The van der Waals surface area contributed by atoms with E-state index in [1.54, 1.807) is 36.4 Å². The number of hydrogen-bond donors (Lipinski definition) is 0. The van der Waals surface area contributed by atoms with Gasteiger partial charge in [-0.15, -0.1) is 6.42 Å². The maximum atomic E-state index is 6.14. The molecule has 5 heterocycles. The Morgan fingerprint density at radius 1 is 0.348 bits per heavy atom. The van der Waals surface area contributed by atoms with Crippen LogP contribution in [0.15, 0.2) is 60.7 Å². The molecule has 10 nitrogen and oxygen atoms in total. The molecule has 0 aliphatic heterocycles. The van der Waals surface area contributed by atoms with Crippen LogP contribution < -0.4 is 23.7 Å². The number of hydrogen-bond acceptors (Lipinski definition) is 10. The van der Waals surface area contributed by atoms with Gasteiger partial charge < -0.3 is 23.7 Å². The number of rotatable bonds is 20. The molecule has 0 saturated heterocycles. The van der Waals surface area contributed by atoms with Crippen LogP contribution in [0.5, 0.6) is 28.7 Å². The summed E-state index contributed by atoms with van der Waals surface area (Å²) in [5, 5.41) is 0. The van der Waals surface area contributed by atoms with E-state index < -0.39 is 0 Å². The molecule has 0 unspecified atom stereocenters. The van der Waals surface area contributed by atoms with Crippen molar-refractivity contribution in [1.29, 1.82) is 0 Å². The topological polar surface area (TPSA) is 111 Å². The Bertz CT molecular complexity index is 2700. The van der Waals surface area contributed by atoms with Crippen LogP contribution in [0.4, 0.5) is 0 Å². The molecule has 0 aliphatic rings. The predicted octanol–water partition coefficient (Wildman–Crippen LogP) is 10.7. The summed E-state index contributed by atoms with van der Waals surface area (Å²) in [4.78, 5) is 23.4. The SMILES string of the molecule is C#Cc1cc(OCCCC)cc(C#Cc2cc(OCCCC)cc(C#Cc3cc(OCCCC)cc(C#Cc4cc(OCCCC)cc(C#Cc5cc(OCCCC)cc(I)n5)n4)n3)n2)n1. The average molecular weight is 994 g/mol. The lowest BCUT2D eigenvalue weighted by Gasteiger charge is -2.07. The third-order valence-electron chi connectivity index (χ3n) is 9.22. The molecule has 0 amide bonds. The van der Waals surface area contributed by atoms with Gasteiger partial charge in [-0.3, -0.25) is 0 Å². The molecule has 0 fully saturated rings. The first kappa shape index (κ1) is 50.3. The van der Waals surface area contributed by atoms with Crippen molar-refractivity contribution in [2.75, 3.05) is 33.0 Å². The van der Waals surface area contributed by atoms with Crippen molar-refractivity contribution in [3.8, 4) is 88.5 Å². The maximum Gasteiger partial charge on any atom is 0.124 e. The molecule has 0 aliphatic carbocycles. The summed E-state index contributed by atoms with van der Waals surface area (Å²) in [6.45, 7) is 13.4. The molecule has 0 aromatic carbocycles. The van der Waals surface area contributed by atoms with Crippen molar-refractivity contribution in [3.63, 3.8) is 0 Å². The molecule has 0 atom stereocenters. The van der Waals surface area contributed by atoms with E-state index in [0.29, 0.717) is 107 Å². The molecular formula is C55H56IN5O5. The quantitative estimate of drug-likeness (QED) is 0.0323. The highest BCUT2D eigenvalue weighted by atomic mass is 127. The number of terminal acetylenes is 1. The van der Waals surface area contributed by atoms with E-state index in [-0.39, 0.29) is 0 Å². The molecule has 0 saturated carbocycles. The fraction of sp³-hybridized carbons (Fsp3) is 0.364. The molecule has 0 radical (unpaired) electrons. The molecule has 5 aromatic rings. The van der Waals surface area contributed by atoms with Gasteiger partial charge in [0.25, 0.3) is 0 Å². The zero-order chi connectivity index (χ0) is 46.8. The van der Waals surface area contributed by atoms with Crippen LogP contribution in [0.1, 0.15) is 150 Å². The monoisotopic (exact) mass is 993 g/mol. The van der Waals surface area contributed by atoms with Crippen molar-refractivity contribution >= 4 is 22.6 Å². The van der Waals surface area contributed by atoms with Gasteiger partial charge in [0.2, 0.25) is 0 Å². The Hall–Kier alpha value is -6.72. The second-order valence-electron chi connectivity index (χ2n) is 15.0. The van der Waals surface area contributed by atoms with Gasteiger partial charge in [-0.1, -0.05) is 72.6 Å². The highest BCUT2D eigenvalue weighted by Crippen LogP contribution is 2.20. The largest absolute Gasteiger partial charge is 0.493 e. The zero-order valence-corrected chi connectivity index (χ0v) is 40.8. The van der Waals surface area contributed by atoms with Crippen molar-refractivity contribution in [1.82, 2.24) is 24.9 Å². The number of nitrogens with zero attached hydrogens (tertiary/aromatic N) is 5. The first-order valence-corrected chi connectivity index (χ1v) is 23.8. The van der Waals surface area contributed by atoms with E-state index in [0.717, 1.165) is 73.7 Å². The number of pyridine rings is 5. The first-order valence-electron chi connectivity index (χ1n) is 22.7. The summed E-state index contributed by atoms with van der Waals surface area (Å²) in [6.07, 6.45) is 15.3. The van der Waals surface area contributed by atoms with Gasteiger partial charge in [0.05, 0.1) is 33.0 Å². The minimum absolute atomic E-state index is 0.441. The number of ether oxygens (including phenoxy) is 5. The van der Waals surface area contributed by atoms with Crippen molar-refractivity contribution in [2.24, 2.45) is 0 Å². The predicted molar refractivity (Wildman–Crippen MR) is 268 cm³/mol. The Kier molecular flexibility index (Phi) is 21.5. The van der Waals surface area contributed by atoms with E-state index in [4.69, 9.17) is 45.1 Å². The third-order valence-corrected chi connectivity index (χ3v) is 9.77. The van der Waals surface area contributed by atoms with Crippen LogP contribution >= 0.6 is 22.6 Å². The third kappa shape index (κ3) is 18.0. The molecule has 5 rings (SSSR count). The van der Waals surface area contributed by atoms with E-state index in [2.05, 4.69) is 120 Å². The summed E-state index contributed by atoms with van der Waals surface area (Å²) in [6, 6.07) is 18.1. The van der Waals surface area contributed by atoms with Crippen LogP contribution in [0, 0.1) is 63.4 Å². The summed E-state index contributed by atoms with van der Waals surface area (Å²) in [7, 11) is 0. The second-order valence-corrected chi connectivity index (χ2v) is 16.1. The van der Waals surface area contributed by atoms with Crippen LogP contribution in [0.3, 0.4) is 0 Å². The summed E-state index contributed by atoms with van der Waals surface area (Å²) in [5.74, 6) is 31.0. The fourth-order valence-electron chi connectivity index (χ4n) is 5.68. The van der Waals surface area contributed by atoms with Crippen molar-refractivity contribution < 1.29 is 23.7 Å². The summed E-state index contributed by atoms with van der Waals surface area (Å²) < 4.78 is 30.9. The average Bonchev–Trinajstić information content (AvgIpc) is 3.31. The van der Waals surface area contributed by atoms with Crippen LogP contribution in [0.25, 0.3) is 0 Å². The normalized spacial score (nSPS) is 10.1. The van der Waals surface area contributed by atoms with Crippen LogP contribution in [-0.4, -0.2) is 58.0 Å². The van der Waals surface area contributed by atoms with Gasteiger partial charge in [0.1, 0.15) is 83.7 Å². The number of unbranched alkanes of at least 4 members (excludes halogenated alkanes) is 5. The zero-order valence-electron chi connectivity index (χ0n) is 38.6. The molecule has 0 bridgehead atoms. The number of aromatic nitrogens is 5. The molecule has 0 spiro atoms. The van der Waals surface area contributed by atoms with Gasteiger partial charge in [0.15, 0.2) is 0 Å². The lowest BCUT2D eigenvalue weighted by atomic mass is 10.2. The maximum absolute atomic E-state index is 6.14. The van der Waals surface area contributed by atoms with Gasteiger partial charge in [-0.05, 0) is 102 Å². The standard InChI is InChI=1S/C55H56IN5O5/c1-7-13-26-62-50-31-41(12-6)57-42(32-50)18-19-43-33-51(63-27-14-8-2)34-44(58-43)20-21-45-35-52(64-28-15-9-3)36-46(59-45)22-23-47-37-53(65-29-16-10-4)38-48(60-47)24-25-49-39-54(40-55(56)61-49)66-30-17-11-5/h6,31-40H,7-11,13-17,26-30H2,1-5H3. The molecule has 5 aromatic heterocycles. The number of halogens is 1. The van der Waals surface area contributed by atoms with E-state index in [1.165, 1.54) is 0 Å². The Balaban J connectivity index is 1.49. The molecular weight excluding hydrogens is 938 g/mol. The van der Waals surface area contributed by atoms with Gasteiger partial charge >= 0.3 is 0 Å². The highest BCUT2D eigenvalue weighted by molar-refractivity contribution is 14.1. The first-order chi connectivity index (χ1) is 32.3. The van der Waals surface area contributed by atoms with Gasteiger partial charge in [-0.2, -0.15) is 0 Å². The van der Waals surface area contributed by atoms with Crippen LogP contribution in [0.2, 0.25) is 0 Å². The van der Waals surface area contributed by atoms with Crippen molar-refractivity contribution in [3.05, 3.63) is 116 Å². The van der Waals surface area contributed by atoms with Gasteiger partial charge in [-0.25, -0.2) is 24.9 Å². The Morgan fingerprint density at radius 3 is 0.803 bits per heavy atom. The van der Waals surface area contributed by atoms with E-state index in [9.17, 15) is 0 Å². The van der Waals surface area contributed by atoms with E-state index in [1.807, 2.05) is 24.3 Å². The van der Waals surface area contributed by atoms with E-state index >= 15 is 0 Å². The summed E-state index contributed by atoms with van der Waals surface area (Å²) in [5.41, 5.74) is 4.27. The Labute approximate surface area is 405 Å². The minimum Gasteiger partial charge on any atom is -0.493 e. The second kappa shape index (κ2) is 28.2. The van der Waals surface area contributed by atoms with Crippen molar-refractivity contribution in [2.45, 2.75) is 98.8 Å².